The summed E-state index contributed by atoms with van der Waals surface area (Å²) in [5.74, 6) is -0.868. The van der Waals surface area contributed by atoms with E-state index < -0.39 is 6.10 Å². The van der Waals surface area contributed by atoms with Gasteiger partial charge in [-0.2, -0.15) is 0 Å². The molecule has 0 spiro atoms. The van der Waals surface area contributed by atoms with E-state index in [4.69, 9.17) is 14.2 Å². The third-order valence-corrected chi connectivity index (χ3v) is 14.2. The number of carbonyl (C=O) groups excluding carboxylic acids is 3. The highest BCUT2D eigenvalue weighted by atomic mass is 16.6. The summed E-state index contributed by atoms with van der Waals surface area (Å²) < 4.78 is 16.9. The molecule has 6 heteroatoms. The van der Waals surface area contributed by atoms with E-state index >= 15 is 0 Å². The van der Waals surface area contributed by atoms with E-state index in [1.165, 1.54) is 212 Å². The molecule has 0 saturated heterocycles. The van der Waals surface area contributed by atoms with Gasteiger partial charge in [0.1, 0.15) is 13.2 Å². The third-order valence-electron chi connectivity index (χ3n) is 14.2. The fourth-order valence-corrected chi connectivity index (χ4v) is 9.36. The van der Waals surface area contributed by atoms with Gasteiger partial charge in [-0.1, -0.05) is 287 Å². The summed E-state index contributed by atoms with van der Waals surface area (Å²) in [6, 6.07) is 0. The van der Waals surface area contributed by atoms with Crippen molar-refractivity contribution in [2.45, 2.75) is 341 Å². The van der Waals surface area contributed by atoms with Gasteiger partial charge in [-0.25, -0.2) is 0 Å². The van der Waals surface area contributed by atoms with Crippen LogP contribution in [0.5, 0.6) is 0 Å². The van der Waals surface area contributed by atoms with Crippen LogP contribution in [0.25, 0.3) is 0 Å². The molecule has 0 aromatic heterocycles. The maximum Gasteiger partial charge on any atom is 0.306 e. The van der Waals surface area contributed by atoms with Crippen molar-refractivity contribution < 1.29 is 28.6 Å². The Hall–Kier alpha value is -2.89. The maximum absolute atomic E-state index is 12.9. The lowest BCUT2D eigenvalue weighted by Gasteiger charge is -2.18. The van der Waals surface area contributed by atoms with Gasteiger partial charge >= 0.3 is 17.9 Å². The molecular weight excluding hydrogens is 913 g/mol. The Morgan fingerprint density at radius 3 is 0.784 bits per heavy atom. The topological polar surface area (TPSA) is 78.9 Å². The molecule has 0 N–H and O–H groups in total. The summed E-state index contributed by atoms with van der Waals surface area (Å²) in [6.07, 6.45) is 79.4. The quantitative estimate of drug-likeness (QED) is 0.0261. The van der Waals surface area contributed by atoms with Gasteiger partial charge in [0, 0.05) is 19.3 Å². The zero-order chi connectivity index (χ0) is 53.6. The maximum atomic E-state index is 12.9. The molecule has 74 heavy (non-hydrogen) atoms. The van der Waals surface area contributed by atoms with Crippen molar-refractivity contribution >= 4 is 17.9 Å². The van der Waals surface area contributed by atoms with Gasteiger partial charge in [0.05, 0.1) is 0 Å². The summed E-state index contributed by atoms with van der Waals surface area (Å²) in [5.41, 5.74) is 0. The van der Waals surface area contributed by atoms with Crippen molar-refractivity contribution in [3.63, 3.8) is 0 Å². The van der Waals surface area contributed by atoms with Gasteiger partial charge in [-0.05, 0) is 89.9 Å². The van der Waals surface area contributed by atoms with Gasteiger partial charge < -0.3 is 14.2 Å². The van der Waals surface area contributed by atoms with Crippen LogP contribution in [0.4, 0.5) is 0 Å². The molecule has 1 atom stereocenters. The van der Waals surface area contributed by atoms with E-state index in [-0.39, 0.29) is 31.1 Å². The number of unbranched alkanes of at least 4 members (excludes halogenated alkanes) is 38. The van der Waals surface area contributed by atoms with Crippen LogP contribution in [0, 0.1) is 0 Å². The molecule has 430 valence electrons. The van der Waals surface area contributed by atoms with Crippen molar-refractivity contribution in [3.05, 3.63) is 60.8 Å². The van der Waals surface area contributed by atoms with Crippen molar-refractivity contribution in [2.24, 2.45) is 0 Å². The highest BCUT2D eigenvalue weighted by Gasteiger charge is 2.19. The van der Waals surface area contributed by atoms with Gasteiger partial charge in [0.25, 0.3) is 0 Å². The summed E-state index contributed by atoms with van der Waals surface area (Å²) in [6.45, 7) is 6.63. The summed E-state index contributed by atoms with van der Waals surface area (Å²) >= 11 is 0. The van der Waals surface area contributed by atoms with Crippen molar-refractivity contribution in [1.29, 1.82) is 0 Å². The van der Waals surface area contributed by atoms with Crippen LogP contribution in [-0.4, -0.2) is 37.2 Å². The Bertz CT molecular complexity index is 1330. The normalized spacial score (nSPS) is 12.4. The minimum absolute atomic E-state index is 0.0745. The minimum atomic E-state index is -0.777. The molecule has 0 radical (unpaired) electrons. The van der Waals surface area contributed by atoms with Crippen molar-refractivity contribution in [3.8, 4) is 0 Å². The molecule has 0 aliphatic heterocycles. The van der Waals surface area contributed by atoms with Crippen molar-refractivity contribution in [2.75, 3.05) is 13.2 Å². The second-order valence-corrected chi connectivity index (χ2v) is 21.7. The first kappa shape index (κ1) is 71.1. The van der Waals surface area contributed by atoms with Gasteiger partial charge in [0.15, 0.2) is 6.10 Å². The van der Waals surface area contributed by atoms with Crippen LogP contribution < -0.4 is 0 Å². The zero-order valence-corrected chi connectivity index (χ0v) is 49.4. The molecule has 0 rings (SSSR count). The van der Waals surface area contributed by atoms with Crippen LogP contribution >= 0.6 is 0 Å². The van der Waals surface area contributed by atoms with E-state index in [0.717, 1.165) is 83.5 Å². The van der Waals surface area contributed by atoms with E-state index in [1.807, 2.05) is 0 Å². The fourth-order valence-electron chi connectivity index (χ4n) is 9.36. The van der Waals surface area contributed by atoms with E-state index in [9.17, 15) is 14.4 Å². The number of ether oxygens (including phenoxy) is 3. The van der Waals surface area contributed by atoms with Gasteiger partial charge in [-0.3, -0.25) is 14.4 Å². The highest BCUT2D eigenvalue weighted by molar-refractivity contribution is 5.71. The molecule has 0 amide bonds. The molecule has 0 aromatic carbocycles. The molecule has 0 bridgehead atoms. The Morgan fingerprint density at radius 2 is 0.486 bits per heavy atom. The first-order valence-electron chi connectivity index (χ1n) is 32.3. The summed E-state index contributed by atoms with van der Waals surface area (Å²) in [7, 11) is 0. The van der Waals surface area contributed by atoms with Crippen LogP contribution in [0.2, 0.25) is 0 Å². The van der Waals surface area contributed by atoms with E-state index in [0.29, 0.717) is 19.3 Å². The number of esters is 3. The predicted octanol–water partition coefficient (Wildman–Crippen LogP) is 21.9. The van der Waals surface area contributed by atoms with E-state index in [2.05, 4.69) is 81.5 Å². The molecular formula is C68H122O6. The lowest BCUT2D eigenvalue weighted by atomic mass is 10.0. The predicted molar refractivity (Wildman–Crippen MR) is 321 cm³/mol. The smallest absolute Gasteiger partial charge is 0.306 e. The average molecular weight is 1040 g/mol. The second kappa shape index (κ2) is 62.6. The standard InChI is InChI=1S/C68H122O6/c1-4-7-10-13-16-19-22-25-27-29-30-31-32-33-34-35-36-37-38-40-41-43-46-49-52-55-58-61-67(70)73-64-65(63-72-66(69)60-57-54-51-48-45-24-21-18-15-12-9-6-3)74-68(71)62-59-56-53-50-47-44-42-39-28-26-23-20-17-14-11-8-5-2/h17,20,22,25-26,28-30,32-33,65H,4-16,18-19,21,23-24,27,31,34-64H2,1-3H3/b20-17-,25-22-,28-26-,30-29-,33-32-. The number of allylic oxidation sites excluding steroid dienone is 10. The van der Waals surface area contributed by atoms with Crippen LogP contribution in [0.15, 0.2) is 60.8 Å². The lowest BCUT2D eigenvalue weighted by molar-refractivity contribution is -0.167. The average Bonchev–Trinajstić information content (AvgIpc) is 3.40. The summed E-state index contributed by atoms with van der Waals surface area (Å²) in [5, 5.41) is 0. The van der Waals surface area contributed by atoms with Crippen LogP contribution in [0.1, 0.15) is 335 Å². The first-order chi connectivity index (χ1) is 36.5. The molecule has 6 nitrogen and oxygen atoms in total. The Labute approximate surface area is 460 Å². The van der Waals surface area contributed by atoms with E-state index in [1.54, 1.807) is 0 Å². The Balaban J connectivity index is 4.25. The molecule has 0 fully saturated rings. The first-order valence-corrected chi connectivity index (χ1v) is 32.3. The molecule has 0 saturated carbocycles. The number of hydrogen-bond acceptors (Lipinski definition) is 6. The highest BCUT2D eigenvalue weighted by Crippen LogP contribution is 2.17. The molecule has 0 heterocycles. The second-order valence-electron chi connectivity index (χ2n) is 21.7. The SMILES string of the molecule is CCCCC/C=C\C/C=C\CCCCCCCCCC(=O)OC(COC(=O)CCCCCCCCCCCCCC)COC(=O)CCCCCCCCCCCCCC/C=C\C/C=C\C/C=C\CCCCCCC. The van der Waals surface area contributed by atoms with Gasteiger partial charge in [-0.15, -0.1) is 0 Å². The monoisotopic (exact) mass is 1030 g/mol. The van der Waals surface area contributed by atoms with Crippen LogP contribution in [-0.2, 0) is 28.6 Å². The minimum Gasteiger partial charge on any atom is -0.462 e. The zero-order valence-electron chi connectivity index (χ0n) is 49.4. The largest absolute Gasteiger partial charge is 0.462 e. The Kier molecular flexibility index (Phi) is 60.2. The number of rotatable bonds is 59. The molecule has 0 aromatic rings. The fraction of sp³-hybridized carbons (Fsp3) is 0.809. The lowest BCUT2D eigenvalue weighted by Crippen LogP contribution is -2.30. The number of carbonyl (C=O) groups is 3. The molecule has 0 aliphatic carbocycles. The van der Waals surface area contributed by atoms with Crippen LogP contribution in [0.3, 0.4) is 0 Å². The molecule has 1 unspecified atom stereocenters. The molecule has 0 aliphatic rings. The third kappa shape index (κ3) is 60.0. The summed E-state index contributed by atoms with van der Waals surface area (Å²) in [4.78, 5) is 38.3. The van der Waals surface area contributed by atoms with Crippen molar-refractivity contribution in [1.82, 2.24) is 0 Å². The van der Waals surface area contributed by atoms with Gasteiger partial charge in [0.2, 0.25) is 0 Å². The number of hydrogen-bond donors (Lipinski definition) is 0. The Morgan fingerprint density at radius 1 is 0.270 bits per heavy atom.